The van der Waals surface area contributed by atoms with Gasteiger partial charge in [-0.05, 0) is 61.0 Å². The van der Waals surface area contributed by atoms with Crippen molar-refractivity contribution >= 4 is 22.9 Å². The maximum absolute atomic E-state index is 12.4. The first-order valence-electron chi connectivity index (χ1n) is 9.20. The second kappa shape index (κ2) is 7.53. The third-order valence-corrected chi connectivity index (χ3v) is 4.85. The van der Waals surface area contributed by atoms with Gasteiger partial charge in [-0.15, -0.1) is 0 Å². The van der Waals surface area contributed by atoms with E-state index in [4.69, 9.17) is 0 Å². The van der Waals surface area contributed by atoms with Gasteiger partial charge in [-0.25, -0.2) is 5.43 Å². The maximum atomic E-state index is 12.4. The SMILES string of the molecule is Cc1ccc(C)n1-c1ccc(C(=O)N/N=C/c2cccc3ccccc23)cc1. The summed E-state index contributed by atoms with van der Waals surface area (Å²) in [5, 5.41) is 6.38. The van der Waals surface area contributed by atoms with Crippen LogP contribution in [0.1, 0.15) is 27.3 Å². The highest BCUT2D eigenvalue weighted by molar-refractivity contribution is 6.00. The molecule has 0 bridgehead atoms. The molecule has 3 aromatic carbocycles. The van der Waals surface area contributed by atoms with Crippen LogP contribution in [-0.2, 0) is 0 Å². The molecule has 4 nitrogen and oxygen atoms in total. The molecule has 1 N–H and O–H groups in total. The Morgan fingerprint density at radius 3 is 2.29 bits per heavy atom. The van der Waals surface area contributed by atoms with Crippen molar-refractivity contribution in [3.05, 3.63) is 101 Å². The molecule has 0 aliphatic heterocycles. The molecule has 0 unspecified atom stereocenters. The van der Waals surface area contributed by atoms with Crippen LogP contribution in [0.2, 0.25) is 0 Å². The minimum Gasteiger partial charge on any atom is -0.319 e. The fraction of sp³-hybridized carbons (Fsp3) is 0.0833. The fourth-order valence-corrected chi connectivity index (χ4v) is 3.43. The first-order chi connectivity index (χ1) is 13.6. The summed E-state index contributed by atoms with van der Waals surface area (Å²) < 4.78 is 2.15. The van der Waals surface area contributed by atoms with Crippen LogP contribution in [0.5, 0.6) is 0 Å². The summed E-state index contributed by atoms with van der Waals surface area (Å²) in [7, 11) is 0. The lowest BCUT2D eigenvalue weighted by molar-refractivity contribution is 0.0955. The largest absolute Gasteiger partial charge is 0.319 e. The Balaban J connectivity index is 1.49. The highest BCUT2D eigenvalue weighted by atomic mass is 16.2. The molecule has 0 aliphatic carbocycles. The second-order valence-electron chi connectivity index (χ2n) is 6.77. The third kappa shape index (κ3) is 3.45. The molecule has 1 aromatic heterocycles. The molecule has 0 atom stereocenters. The molecule has 0 spiro atoms. The summed E-state index contributed by atoms with van der Waals surface area (Å²) in [5.41, 5.74) is 7.51. The number of nitrogens with one attached hydrogen (secondary N) is 1. The number of rotatable bonds is 4. The van der Waals surface area contributed by atoms with Gasteiger partial charge in [0.15, 0.2) is 0 Å². The Hall–Kier alpha value is -3.66. The van der Waals surface area contributed by atoms with Crippen LogP contribution in [0.3, 0.4) is 0 Å². The van der Waals surface area contributed by atoms with Crippen LogP contribution < -0.4 is 5.43 Å². The number of amides is 1. The zero-order valence-corrected chi connectivity index (χ0v) is 15.9. The molecule has 4 heteroatoms. The molecule has 28 heavy (non-hydrogen) atoms. The molecule has 0 saturated carbocycles. The molecule has 0 radical (unpaired) electrons. The average molecular weight is 367 g/mol. The zero-order chi connectivity index (χ0) is 19.5. The molecule has 1 amide bonds. The van der Waals surface area contributed by atoms with Crippen molar-refractivity contribution in [2.24, 2.45) is 5.10 Å². The molecular weight excluding hydrogens is 346 g/mol. The summed E-state index contributed by atoms with van der Waals surface area (Å²) in [5.74, 6) is -0.232. The van der Waals surface area contributed by atoms with Gasteiger partial charge in [-0.1, -0.05) is 42.5 Å². The molecule has 4 aromatic rings. The van der Waals surface area contributed by atoms with Crippen LogP contribution in [0.4, 0.5) is 0 Å². The van der Waals surface area contributed by atoms with Crippen LogP contribution in [0.25, 0.3) is 16.5 Å². The number of nitrogens with zero attached hydrogens (tertiary/aromatic N) is 2. The summed E-state index contributed by atoms with van der Waals surface area (Å²) in [6.45, 7) is 4.13. The average Bonchev–Trinajstić information content (AvgIpc) is 3.06. The molecule has 1 heterocycles. The van der Waals surface area contributed by atoms with Gasteiger partial charge in [0.05, 0.1) is 6.21 Å². The number of aromatic nitrogens is 1. The first kappa shape index (κ1) is 17.7. The second-order valence-corrected chi connectivity index (χ2v) is 6.77. The maximum Gasteiger partial charge on any atom is 0.271 e. The minimum absolute atomic E-state index is 0.232. The van der Waals surface area contributed by atoms with E-state index in [9.17, 15) is 4.79 Å². The van der Waals surface area contributed by atoms with E-state index < -0.39 is 0 Å². The summed E-state index contributed by atoms with van der Waals surface area (Å²) in [6, 6.07) is 25.8. The van der Waals surface area contributed by atoms with E-state index in [-0.39, 0.29) is 5.91 Å². The zero-order valence-electron chi connectivity index (χ0n) is 15.9. The monoisotopic (exact) mass is 367 g/mol. The number of hydrazone groups is 1. The van der Waals surface area contributed by atoms with E-state index in [1.165, 1.54) is 0 Å². The van der Waals surface area contributed by atoms with Gasteiger partial charge < -0.3 is 4.57 Å². The lowest BCUT2D eigenvalue weighted by Gasteiger charge is -2.10. The van der Waals surface area contributed by atoms with E-state index in [2.05, 4.69) is 53.2 Å². The van der Waals surface area contributed by atoms with Crippen molar-refractivity contribution < 1.29 is 4.79 Å². The van der Waals surface area contributed by atoms with E-state index in [1.54, 1.807) is 6.21 Å². The number of benzene rings is 3. The molecule has 4 rings (SSSR count). The smallest absolute Gasteiger partial charge is 0.271 e. The van der Waals surface area contributed by atoms with Gasteiger partial charge in [-0.2, -0.15) is 5.10 Å². The van der Waals surface area contributed by atoms with Crippen molar-refractivity contribution in [3.8, 4) is 5.69 Å². The first-order valence-corrected chi connectivity index (χ1v) is 9.20. The Bertz CT molecular complexity index is 1150. The molecule has 138 valence electrons. The van der Waals surface area contributed by atoms with Gasteiger partial charge in [0.1, 0.15) is 0 Å². The predicted molar refractivity (Wildman–Crippen MR) is 114 cm³/mol. The number of fused-ring (bicyclic) bond motifs is 1. The predicted octanol–water partition coefficient (Wildman–Crippen LogP) is 5.01. The third-order valence-electron chi connectivity index (χ3n) is 4.85. The van der Waals surface area contributed by atoms with Crippen LogP contribution in [0.15, 0.2) is 84.0 Å². The van der Waals surface area contributed by atoms with Crippen molar-refractivity contribution in [1.82, 2.24) is 9.99 Å². The minimum atomic E-state index is -0.232. The van der Waals surface area contributed by atoms with Crippen molar-refractivity contribution in [3.63, 3.8) is 0 Å². The number of hydrogen-bond acceptors (Lipinski definition) is 2. The Labute approximate surface area is 164 Å². The van der Waals surface area contributed by atoms with E-state index in [0.29, 0.717) is 5.56 Å². The van der Waals surface area contributed by atoms with Crippen LogP contribution in [-0.4, -0.2) is 16.7 Å². The number of carbonyl (C=O) groups excluding carboxylic acids is 1. The summed E-state index contributed by atoms with van der Waals surface area (Å²) >= 11 is 0. The Morgan fingerprint density at radius 1 is 0.857 bits per heavy atom. The summed E-state index contributed by atoms with van der Waals surface area (Å²) in [4.78, 5) is 12.4. The normalized spacial score (nSPS) is 11.2. The molecule has 0 fully saturated rings. The Morgan fingerprint density at radius 2 is 1.54 bits per heavy atom. The molecular formula is C24H21N3O. The van der Waals surface area contributed by atoms with E-state index in [1.807, 2.05) is 54.6 Å². The van der Waals surface area contributed by atoms with Crippen LogP contribution in [0, 0.1) is 13.8 Å². The standard InChI is InChI=1S/C24H21N3O/c1-17-10-11-18(2)27(17)22-14-12-20(13-15-22)24(28)26-25-16-21-8-5-7-19-6-3-4-9-23(19)21/h3-16H,1-2H3,(H,26,28)/b25-16+. The van der Waals surface area contributed by atoms with E-state index >= 15 is 0 Å². The van der Waals surface area contributed by atoms with Gasteiger partial charge in [-0.3, -0.25) is 4.79 Å². The van der Waals surface area contributed by atoms with Gasteiger partial charge in [0.25, 0.3) is 5.91 Å². The van der Waals surface area contributed by atoms with Crippen LogP contribution >= 0.6 is 0 Å². The lowest BCUT2D eigenvalue weighted by atomic mass is 10.1. The quantitative estimate of drug-likeness (QED) is 0.400. The van der Waals surface area contributed by atoms with Gasteiger partial charge in [0, 0.05) is 28.2 Å². The molecule has 0 saturated heterocycles. The topological polar surface area (TPSA) is 46.4 Å². The van der Waals surface area contributed by atoms with Crippen molar-refractivity contribution in [2.45, 2.75) is 13.8 Å². The Kier molecular flexibility index (Phi) is 4.77. The van der Waals surface area contributed by atoms with Gasteiger partial charge >= 0.3 is 0 Å². The number of aryl methyl sites for hydroxylation is 2. The lowest BCUT2D eigenvalue weighted by Crippen LogP contribution is -2.17. The fourth-order valence-electron chi connectivity index (χ4n) is 3.43. The summed E-state index contributed by atoms with van der Waals surface area (Å²) in [6.07, 6.45) is 1.68. The van der Waals surface area contributed by atoms with Crippen molar-refractivity contribution in [1.29, 1.82) is 0 Å². The highest BCUT2D eigenvalue weighted by Gasteiger charge is 2.07. The van der Waals surface area contributed by atoms with E-state index in [0.717, 1.165) is 33.4 Å². The number of carbonyl (C=O) groups is 1. The molecule has 0 aliphatic rings. The van der Waals surface area contributed by atoms with Gasteiger partial charge in [0.2, 0.25) is 0 Å². The number of hydrogen-bond donors (Lipinski definition) is 1. The highest BCUT2D eigenvalue weighted by Crippen LogP contribution is 2.18. The van der Waals surface area contributed by atoms with Crippen molar-refractivity contribution in [2.75, 3.05) is 0 Å².